The first-order valence-electron chi connectivity index (χ1n) is 20.7. The van der Waals surface area contributed by atoms with E-state index in [0.29, 0.717) is 17.5 Å². The van der Waals surface area contributed by atoms with Crippen molar-refractivity contribution in [3.05, 3.63) is 229 Å². The predicted molar refractivity (Wildman–Crippen MR) is 245 cm³/mol. The van der Waals surface area contributed by atoms with Gasteiger partial charge in [0, 0.05) is 38.6 Å². The van der Waals surface area contributed by atoms with Crippen molar-refractivity contribution in [2.45, 2.75) is 5.41 Å². The van der Waals surface area contributed by atoms with Gasteiger partial charge < -0.3 is 9.30 Å². The number of rotatable bonds is 4. The van der Waals surface area contributed by atoms with Crippen molar-refractivity contribution in [1.82, 2.24) is 19.5 Å². The summed E-state index contributed by atoms with van der Waals surface area (Å²) < 4.78 is 9.59. The highest BCUT2D eigenvalue weighted by Gasteiger charge is 2.51. The molecule has 0 unspecified atom stereocenters. The largest absolute Gasteiger partial charge is 0.456 e. The lowest BCUT2D eigenvalue weighted by molar-refractivity contribution is 0.442. The van der Waals surface area contributed by atoms with Crippen LogP contribution in [-0.4, -0.2) is 19.5 Å². The summed E-state index contributed by atoms with van der Waals surface area (Å²) in [6.45, 7) is 0. The van der Waals surface area contributed by atoms with Crippen molar-refractivity contribution in [3.63, 3.8) is 0 Å². The molecule has 0 radical (unpaired) electrons. The van der Waals surface area contributed by atoms with Crippen LogP contribution in [-0.2, 0) is 5.41 Å². The van der Waals surface area contributed by atoms with E-state index in [4.69, 9.17) is 19.7 Å². The van der Waals surface area contributed by atoms with Crippen LogP contribution < -0.4 is 4.74 Å². The first kappa shape index (κ1) is 33.8. The summed E-state index contributed by atoms with van der Waals surface area (Å²) in [5, 5.41) is 4.37. The SMILES string of the molecule is c1ccc(-c2nc(-c3ccccc3)nc(-c3ccc(-n4c5ccccc5c5c6c(ccc54)C4(c5ccccc5O6)c5ccccc5-c5ccccc54)c4ccccc34)n2)cc1. The standard InChI is InChI=1S/C56H34N4O/c1-3-17-35(18-4-1)53-57-54(36-19-5-2-6-20-36)59-55(58-53)41-31-33-48(40-24-8-7-21-37(40)41)60-47-29-15-11-25-42(47)51-49(60)34-32-46-52(51)61-50-30-16-14-28-45(50)56(46)43-26-12-9-22-38(43)39-23-10-13-27-44(39)56/h1-34H. The number of hydrogen-bond acceptors (Lipinski definition) is 4. The van der Waals surface area contributed by atoms with Gasteiger partial charge in [-0.05, 0) is 58.0 Å². The van der Waals surface area contributed by atoms with Gasteiger partial charge in [-0.1, -0.05) is 176 Å². The van der Waals surface area contributed by atoms with Crippen molar-refractivity contribution in [2.75, 3.05) is 0 Å². The third-order valence-electron chi connectivity index (χ3n) is 12.7. The molecule has 61 heavy (non-hydrogen) atoms. The van der Waals surface area contributed by atoms with Gasteiger partial charge in [-0.15, -0.1) is 0 Å². The summed E-state index contributed by atoms with van der Waals surface area (Å²) in [6.07, 6.45) is 0. The van der Waals surface area contributed by atoms with Crippen LogP contribution in [0.15, 0.2) is 206 Å². The van der Waals surface area contributed by atoms with E-state index in [1.54, 1.807) is 0 Å². The lowest BCUT2D eigenvalue weighted by Gasteiger charge is -2.39. The van der Waals surface area contributed by atoms with E-state index in [-0.39, 0.29) is 0 Å². The van der Waals surface area contributed by atoms with Crippen molar-refractivity contribution < 1.29 is 4.74 Å². The molecule has 0 amide bonds. The quantitative estimate of drug-likeness (QED) is 0.179. The molecule has 13 rings (SSSR count). The van der Waals surface area contributed by atoms with Gasteiger partial charge in [-0.2, -0.15) is 0 Å². The van der Waals surface area contributed by atoms with Crippen LogP contribution >= 0.6 is 0 Å². The molecule has 2 aromatic heterocycles. The van der Waals surface area contributed by atoms with Gasteiger partial charge in [0.25, 0.3) is 0 Å². The molecule has 1 spiro atoms. The Kier molecular flexibility index (Phi) is 7.16. The van der Waals surface area contributed by atoms with Crippen LogP contribution in [0.4, 0.5) is 0 Å². The van der Waals surface area contributed by atoms with Crippen molar-refractivity contribution in [1.29, 1.82) is 0 Å². The van der Waals surface area contributed by atoms with E-state index in [2.05, 4.69) is 150 Å². The minimum absolute atomic E-state index is 0.551. The highest BCUT2D eigenvalue weighted by Crippen LogP contribution is 2.63. The zero-order valence-corrected chi connectivity index (χ0v) is 32.8. The molecule has 284 valence electrons. The molecule has 2 aliphatic rings. The lowest BCUT2D eigenvalue weighted by atomic mass is 9.66. The first-order chi connectivity index (χ1) is 30.3. The average Bonchev–Trinajstić information content (AvgIpc) is 3.83. The van der Waals surface area contributed by atoms with Crippen molar-refractivity contribution >= 4 is 32.6 Å². The highest BCUT2D eigenvalue weighted by molar-refractivity contribution is 6.15. The van der Waals surface area contributed by atoms with Gasteiger partial charge in [0.05, 0.1) is 27.5 Å². The number of ether oxygens (including phenoxy) is 1. The smallest absolute Gasteiger partial charge is 0.164 e. The third kappa shape index (κ3) is 4.74. The van der Waals surface area contributed by atoms with Gasteiger partial charge in [0.15, 0.2) is 17.5 Å². The molecular weight excluding hydrogens is 745 g/mol. The molecule has 0 bridgehead atoms. The molecule has 9 aromatic carbocycles. The van der Waals surface area contributed by atoms with Crippen molar-refractivity contribution in [2.24, 2.45) is 0 Å². The third-order valence-corrected chi connectivity index (χ3v) is 12.7. The van der Waals surface area contributed by atoms with Gasteiger partial charge in [-0.25, -0.2) is 15.0 Å². The highest BCUT2D eigenvalue weighted by atomic mass is 16.5. The second-order valence-corrected chi connectivity index (χ2v) is 15.8. The number of aromatic nitrogens is 4. The molecule has 11 aromatic rings. The van der Waals surface area contributed by atoms with Crippen molar-refractivity contribution in [3.8, 4) is 62.5 Å². The van der Waals surface area contributed by atoms with E-state index in [1.807, 2.05) is 60.7 Å². The fourth-order valence-corrected chi connectivity index (χ4v) is 10.2. The lowest BCUT2D eigenvalue weighted by Crippen LogP contribution is -2.32. The second-order valence-electron chi connectivity index (χ2n) is 15.8. The molecule has 0 atom stereocenters. The molecule has 1 aliphatic heterocycles. The average molecular weight is 779 g/mol. The zero-order chi connectivity index (χ0) is 40.1. The van der Waals surface area contributed by atoms with Crippen LogP contribution in [0, 0.1) is 0 Å². The summed E-state index contributed by atoms with van der Waals surface area (Å²) in [5.41, 5.74) is 12.9. The molecular formula is C56H34N4O. The number of hydrogen-bond donors (Lipinski definition) is 0. The Hall–Kier alpha value is -8.15. The molecule has 1 aliphatic carbocycles. The summed E-state index contributed by atoms with van der Waals surface area (Å²) in [7, 11) is 0. The normalized spacial score (nSPS) is 13.2. The Morgan fingerprint density at radius 2 is 0.902 bits per heavy atom. The van der Waals surface area contributed by atoms with Gasteiger partial charge in [0.2, 0.25) is 0 Å². The minimum Gasteiger partial charge on any atom is -0.456 e. The topological polar surface area (TPSA) is 52.8 Å². The zero-order valence-electron chi connectivity index (χ0n) is 32.8. The molecule has 0 N–H and O–H groups in total. The molecule has 5 heteroatoms. The predicted octanol–water partition coefficient (Wildman–Crippen LogP) is 13.6. The molecule has 3 heterocycles. The second kappa shape index (κ2) is 12.9. The Bertz CT molecular complexity index is 3470. The maximum atomic E-state index is 7.19. The fraction of sp³-hybridized carbons (Fsp3) is 0.0179. The maximum Gasteiger partial charge on any atom is 0.164 e. The van der Waals surface area contributed by atoms with Gasteiger partial charge >= 0.3 is 0 Å². The Balaban J connectivity index is 1.07. The van der Waals surface area contributed by atoms with Gasteiger partial charge in [-0.3, -0.25) is 0 Å². The summed E-state index contributed by atoms with van der Waals surface area (Å²) in [4.78, 5) is 15.2. The minimum atomic E-state index is -0.551. The first-order valence-corrected chi connectivity index (χ1v) is 20.7. The monoisotopic (exact) mass is 778 g/mol. The molecule has 0 saturated heterocycles. The molecule has 5 nitrogen and oxygen atoms in total. The van der Waals surface area contributed by atoms with E-state index < -0.39 is 5.41 Å². The molecule has 0 fully saturated rings. The number of nitrogens with zero attached hydrogens (tertiary/aromatic N) is 4. The number of fused-ring (bicyclic) bond motifs is 14. The summed E-state index contributed by atoms with van der Waals surface area (Å²) in [5.74, 6) is 3.67. The van der Waals surface area contributed by atoms with E-state index in [9.17, 15) is 0 Å². The van der Waals surface area contributed by atoms with E-state index >= 15 is 0 Å². The van der Waals surface area contributed by atoms with Crippen LogP contribution in [0.2, 0.25) is 0 Å². The summed E-state index contributed by atoms with van der Waals surface area (Å²) >= 11 is 0. The maximum absolute atomic E-state index is 7.19. The fourth-order valence-electron chi connectivity index (χ4n) is 10.2. The van der Waals surface area contributed by atoms with E-state index in [0.717, 1.165) is 77.6 Å². The van der Waals surface area contributed by atoms with E-state index in [1.165, 1.54) is 22.3 Å². The van der Waals surface area contributed by atoms with Crippen LogP contribution in [0.3, 0.4) is 0 Å². The van der Waals surface area contributed by atoms with Crippen LogP contribution in [0.5, 0.6) is 11.5 Å². The Morgan fingerprint density at radius 3 is 1.59 bits per heavy atom. The molecule has 0 saturated carbocycles. The Labute approximate surface area is 351 Å². The van der Waals surface area contributed by atoms with Crippen LogP contribution in [0.25, 0.3) is 83.6 Å². The summed E-state index contributed by atoms with van der Waals surface area (Å²) in [6, 6.07) is 73.0. The van der Waals surface area contributed by atoms with Crippen LogP contribution in [0.1, 0.15) is 22.3 Å². The number of para-hydroxylation sites is 2. The Morgan fingerprint density at radius 1 is 0.361 bits per heavy atom. The number of benzene rings is 9. The van der Waals surface area contributed by atoms with Gasteiger partial charge in [0.1, 0.15) is 11.5 Å².